The summed E-state index contributed by atoms with van der Waals surface area (Å²) in [6.45, 7) is 5.52. The monoisotopic (exact) mass is 248 g/mol. The number of nitrogens with one attached hydrogen (secondary N) is 1. The Morgan fingerprint density at radius 1 is 1.39 bits per heavy atom. The van der Waals surface area contributed by atoms with Crippen LogP contribution in [0.15, 0.2) is 24.3 Å². The number of nitrogens with zero attached hydrogens (tertiary/aromatic N) is 1. The van der Waals surface area contributed by atoms with Crippen molar-refractivity contribution in [2.75, 3.05) is 25.1 Å². The number of hydrogen-bond donors (Lipinski definition) is 2. The maximum absolute atomic E-state index is 9.70. The molecule has 0 aliphatic rings. The molecule has 0 aromatic heterocycles. The third-order valence-corrected chi connectivity index (χ3v) is 2.29. The number of aliphatic hydroxyl groups excluding tert-OH is 1. The van der Waals surface area contributed by atoms with E-state index in [0.29, 0.717) is 31.2 Å². The summed E-state index contributed by atoms with van der Waals surface area (Å²) < 4.78 is 5.35. The molecule has 0 amide bonds. The highest BCUT2D eigenvalue weighted by Crippen LogP contribution is 2.09. The molecule has 0 bridgehead atoms. The van der Waals surface area contributed by atoms with E-state index in [0.717, 1.165) is 5.69 Å². The Kier molecular flexibility index (Phi) is 6.20. The average molecular weight is 248 g/mol. The minimum Gasteiger partial charge on any atom is -0.389 e. The molecule has 1 unspecified atom stereocenters. The summed E-state index contributed by atoms with van der Waals surface area (Å²) in [4.78, 5) is 0. The SMILES string of the molecule is CC(C)COCC(O)CNc1cccc(C#N)c1. The normalized spacial score (nSPS) is 12.2. The van der Waals surface area contributed by atoms with Crippen molar-refractivity contribution in [3.05, 3.63) is 29.8 Å². The molecule has 0 aliphatic carbocycles. The summed E-state index contributed by atoms with van der Waals surface area (Å²) in [6.07, 6.45) is -0.547. The highest BCUT2D eigenvalue weighted by molar-refractivity contribution is 5.49. The molecule has 0 saturated heterocycles. The summed E-state index contributed by atoms with van der Waals surface area (Å²) in [5.74, 6) is 0.470. The Bertz CT molecular complexity index is 399. The standard InChI is InChI=1S/C14H20N2O2/c1-11(2)9-18-10-14(17)8-16-13-5-3-4-12(6-13)7-15/h3-6,11,14,16-17H,8-10H2,1-2H3. The van der Waals surface area contributed by atoms with Gasteiger partial charge in [-0.1, -0.05) is 19.9 Å². The molecule has 18 heavy (non-hydrogen) atoms. The summed E-state index contributed by atoms with van der Waals surface area (Å²) in [7, 11) is 0. The molecule has 1 rings (SSSR count). The van der Waals surface area contributed by atoms with Gasteiger partial charge in [-0.15, -0.1) is 0 Å². The third-order valence-electron chi connectivity index (χ3n) is 2.29. The lowest BCUT2D eigenvalue weighted by molar-refractivity contribution is 0.0318. The van der Waals surface area contributed by atoms with E-state index >= 15 is 0 Å². The minimum atomic E-state index is -0.547. The molecule has 1 atom stereocenters. The number of hydrogen-bond acceptors (Lipinski definition) is 4. The van der Waals surface area contributed by atoms with Crippen molar-refractivity contribution in [2.45, 2.75) is 20.0 Å². The van der Waals surface area contributed by atoms with Gasteiger partial charge in [0.15, 0.2) is 0 Å². The van der Waals surface area contributed by atoms with Crippen molar-refractivity contribution in [1.82, 2.24) is 0 Å². The molecule has 4 heteroatoms. The molecule has 98 valence electrons. The van der Waals surface area contributed by atoms with Crippen LogP contribution in [0.3, 0.4) is 0 Å². The van der Waals surface area contributed by atoms with E-state index in [1.54, 1.807) is 12.1 Å². The number of benzene rings is 1. The van der Waals surface area contributed by atoms with Crippen LogP contribution >= 0.6 is 0 Å². The first-order valence-corrected chi connectivity index (χ1v) is 6.11. The largest absolute Gasteiger partial charge is 0.389 e. The Hall–Kier alpha value is -1.57. The van der Waals surface area contributed by atoms with Gasteiger partial charge < -0.3 is 15.2 Å². The lowest BCUT2D eigenvalue weighted by Gasteiger charge is -2.14. The van der Waals surface area contributed by atoms with Gasteiger partial charge in [-0.2, -0.15) is 5.26 Å². The molecule has 0 heterocycles. The van der Waals surface area contributed by atoms with Crippen molar-refractivity contribution < 1.29 is 9.84 Å². The zero-order valence-corrected chi connectivity index (χ0v) is 10.9. The first-order chi connectivity index (χ1) is 8.61. The van der Waals surface area contributed by atoms with E-state index in [1.165, 1.54) is 0 Å². The summed E-state index contributed by atoms with van der Waals surface area (Å²) in [5.41, 5.74) is 1.43. The van der Waals surface area contributed by atoms with Crippen LogP contribution in [0.1, 0.15) is 19.4 Å². The van der Waals surface area contributed by atoms with E-state index < -0.39 is 6.10 Å². The summed E-state index contributed by atoms with van der Waals surface area (Å²) >= 11 is 0. The zero-order chi connectivity index (χ0) is 13.4. The summed E-state index contributed by atoms with van der Waals surface area (Å²) in [5, 5.41) is 21.5. The zero-order valence-electron chi connectivity index (χ0n) is 10.9. The lowest BCUT2D eigenvalue weighted by atomic mass is 10.2. The van der Waals surface area contributed by atoms with Crippen LogP contribution in [-0.4, -0.2) is 31.0 Å². The van der Waals surface area contributed by atoms with Crippen molar-refractivity contribution in [2.24, 2.45) is 5.92 Å². The second-order valence-electron chi connectivity index (χ2n) is 4.66. The van der Waals surface area contributed by atoms with Gasteiger partial charge in [-0.3, -0.25) is 0 Å². The second-order valence-corrected chi connectivity index (χ2v) is 4.66. The first-order valence-electron chi connectivity index (χ1n) is 6.11. The number of ether oxygens (including phenoxy) is 1. The van der Waals surface area contributed by atoms with Gasteiger partial charge in [0.25, 0.3) is 0 Å². The fourth-order valence-electron chi connectivity index (χ4n) is 1.43. The summed E-state index contributed by atoms with van der Waals surface area (Å²) in [6, 6.07) is 9.24. The van der Waals surface area contributed by atoms with Gasteiger partial charge in [0.1, 0.15) is 0 Å². The third kappa shape index (κ3) is 5.67. The number of rotatable bonds is 7. The highest BCUT2D eigenvalue weighted by Gasteiger charge is 2.05. The lowest BCUT2D eigenvalue weighted by Crippen LogP contribution is -2.25. The Morgan fingerprint density at radius 3 is 2.83 bits per heavy atom. The predicted octanol–water partition coefficient (Wildman–Crippen LogP) is 2.00. The quantitative estimate of drug-likeness (QED) is 0.774. The fourth-order valence-corrected chi connectivity index (χ4v) is 1.43. The van der Waals surface area contributed by atoms with E-state index in [4.69, 9.17) is 10.00 Å². The molecule has 2 N–H and O–H groups in total. The number of aliphatic hydroxyl groups is 1. The van der Waals surface area contributed by atoms with Gasteiger partial charge in [-0.05, 0) is 24.1 Å². The van der Waals surface area contributed by atoms with E-state index in [1.807, 2.05) is 12.1 Å². The Balaban J connectivity index is 2.29. The van der Waals surface area contributed by atoms with Crippen LogP contribution in [-0.2, 0) is 4.74 Å². The Labute approximate surface area is 108 Å². The average Bonchev–Trinajstić information content (AvgIpc) is 2.36. The van der Waals surface area contributed by atoms with Gasteiger partial charge in [0, 0.05) is 18.8 Å². The van der Waals surface area contributed by atoms with Crippen LogP contribution in [0.2, 0.25) is 0 Å². The Morgan fingerprint density at radius 2 is 2.17 bits per heavy atom. The molecule has 0 saturated carbocycles. The van der Waals surface area contributed by atoms with E-state index in [-0.39, 0.29) is 0 Å². The maximum Gasteiger partial charge on any atom is 0.0992 e. The van der Waals surface area contributed by atoms with E-state index in [9.17, 15) is 5.11 Å². The number of nitriles is 1. The van der Waals surface area contributed by atoms with Crippen LogP contribution in [0.5, 0.6) is 0 Å². The molecular weight excluding hydrogens is 228 g/mol. The van der Waals surface area contributed by atoms with Gasteiger partial charge in [0.2, 0.25) is 0 Å². The van der Waals surface area contributed by atoms with Crippen molar-refractivity contribution in [3.63, 3.8) is 0 Å². The second kappa shape index (κ2) is 7.70. The van der Waals surface area contributed by atoms with E-state index in [2.05, 4.69) is 25.2 Å². The molecule has 1 aromatic carbocycles. The maximum atomic E-state index is 9.70. The van der Waals surface area contributed by atoms with Crippen molar-refractivity contribution in [3.8, 4) is 6.07 Å². The molecule has 4 nitrogen and oxygen atoms in total. The molecular formula is C14H20N2O2. The van der Waals surface area contributed by atoms with Crippen LogP contribution < -0.4 is 5.32 Å². The number of anilines is 1. The van der Waals surface area contributed by atoms with Crippen LogP contribution in [0.4, 0.5) is 5.69 Å². The first kappa shape index (κ1) is 14.5. The molecule has 0 fully saturated rings. The van der Waals surface area contributed by atoms with Crippen LogP contribution in [0, 0.1) is 17.2 Å². The molecule has 1 aromatic rings. The van der Waals surface area contributed by atoms with Crippen molar-refractivity contribution in [1.29, 1.82) is 5.26 Å². The highest BCUT2D eigenvalue weighted by atomic mass is 16.5. The van der Waals surface area contributed by atoms with Gasteiger partial charge in [0.05, 0.1) is 24.3 Å². The molecule has 0 aliphatic heterocycles. The molecule has 0 spiro atoms. The minimum absolute atomic E-state index is 0.323. The fraction of sp³-hybridized carbons (Fsp3) is 0.500. The smallest absolute Gasteiger partial charge is 0.0992 e. The van der Waals surface area contributed by atoms with Gasteiger partial charge in [-0.25, -0.2) is 0 Å². The van der Waals surface area contributed by atoms with Crippen LogP contribution in [0.25, 0.3) is 0 Å². The molecule has 0 radical (unpaired) electrons. The van der Waals surface area contributed by atoms with Crippen molar-refractivity contribution >= 4 is 5.69 Å². The van der Waals surface area contributed by atoms with Gasteiger partial charge >= 0.3 is 0 Å². The predicted molar refractivity (Wildman–Crippen MR) is 71.3 cm³/mol. The topological polar surface area (TPSA) is 65.3 Å².